The number of aromatic nitrogens is 1. The molecule has 5 heteroatoms. The zero-order valence-corrected chi connectivity index (χ0v) is 14.2. The maximum atomic E-state index is 4.77. The predicted molar refractivity (Wildman–Crippen MR) is 99.8 cm³/mol. The summed E-state index contributed by atoms with van der Waals surface area (Å²) >= 11 is 3.46. The van der Waals surface area contributed by atoms with E-state index in [1.807, 2.05) is 60.7 Å². The lowest BCUT2D eigenvalue weighted by Gasteiger charge is -2.06. The number of hydrazone groups is 1. The van der Waals surface area contributed by atoms with Crippen molar-refractivity contribution in [2.45, 2.75) is 0 Å². The van der Waals surface area contributed by atoms with E-state index in [0.29, 0.717) is 0 Å². The van der Waals surface area contributed by atoms with Crippen molar-refractivity contribution in [1.29, 1.82) is 0 Å². The van der Waals surface area contributed by atoms with Crippen molar-refractivity contribution in [2.24, 2.45) is 10.1 Å². The first-order valence-electron chi connectivity index (χ1n) is 7.49. The number of hydrogen-bond acceptors (Lipinski definition) is 4. The van der Waals surface area contributed by atoms with Gasteiger partial charge >= 0.3 is 0 Å². The molecule has 0 bridgehead atoms. The summed E-state index contributed by atoms with van der Waals surface area (Å²) in [6.45, 7) is 0. The molecule has 3 aromatic rings. The molecule has 0 fully saturated rings. The fourth-order valence-corrected chi connectivity index (χ4v) is 2.82. The summed E-state index contributed by atoms with van der Waals surface area (Å²) in [7, 11) is 0. The first-order valence-corrected chi connectivity index (χ1v) is 8.29. The average molecular weight is 377 g/mol. The summed E-state index contributed by atoms with van der Waals surface area (Å²) in [5, 5.41) is 4.61. The third-order valence-corrected chi connectivity index (χ3v) is 4.27. The van der Waals surface area contributed by atoms with Crippen LogP contribution in [-0.2, 0) is 0 Å². The van der Waals surface area contributed by atoms with E-state index in [2.05, 4.69) is 31.4 Å². The van der Waals surface area contributed by atoms with Crippen LogP contribution in [0.1, 0.15) is 16.7 Å². The Labute approximate surface area is 148 Å². The van der Waals surface area contributed by atoms with Crippen molar-refractivity contribution in [3.8, 4) is 0 Å². The molecule has 0 spiro atoms. The third kappa shape index (κ3) is 2.86. The van der Waals surface area contributed by atoms with Crippen LogP contribution >= 0.6 is 15.9 Å². The molecular formula is C19H13BrN4. The van der Waals surface area contributed by atoms with Crippen molar-refractivity contribution < 1.29 is 0 Å². The van der Waals surface area contributed by atoms with Gasteiger partial charge in [-0.15, -0.1) is 0 Å². The van der Waals surface area contributed by atoms with Gasteiger partial charge in [-0.1, -0.05) is 46.3 Å². The first kappa shape index (κ1) is 14.8. The molecule has 1 aromatic heterocycles. The van der Waals surface area contributed by atoms with Crippen LogP contribution in [-0.4, -0.2) is 16.5 Å². The van der Waals surface area contributed by atoms with Crippen LogP contribution in [0.4, 0.5) is 5.69 Å². The molecule has 0 atom stereocenters. The van der Waals surface area contributed by atoms with E-state index in [-0.39, 0.29) is 0 Å². The molecule has 2 heterocycles. The highest BCUT2D eigenvalue weighted by atomic mass is 79.9. The number of nitrogens with zero attached hydrogens (tertiary/aromatic N) is 3. The second-order valence-corrected chi connectivity index (χ2v) is 6.21. The molecule has 116 valence electrons. The van der Waals surface area contributed by atoms with Crippen molar-refractivity contribution >= 4 is 33.2 Å². The SMILES string of the molecule is Brc1ccc(C2=Nc3ccccc3C(c3ccncc3)=NN2)cc1. The van der Waals surface area contributed by atoms with E-state index in [1.165, 1.54) is 0 Å². The Balaban J connectivity index is 1.84. The number of para-hydroxylation sites is 1. The number of amidine groups is 1. The molecule has 0 unspecified atom stereocenters. The van der Waals surface area contributed by atoms with Crippen molar-refractivity contribution in [3.05, 3.63) is 94.2 Å². The van der Waals surface area contributed by atoms with Gasteiger partial charge in [0.05, 0.1) is 5.69 Å². The van der Waals surface area contributed by atoms with Gasteiger partial charge in [0.25, 0.3) is 0 Å². The zero-order chi connectivity index (χ0) is 16.4. The minimum absolute atomic E-state index is 0.721. The van der Waals surface area contributed by atoms with Crippen molar-refractivity contribution in [1.82, 2.24) is 10.4 Å². The summed E-state index contributed by atoms with van der Waals surface area (Å²) < 4.78 is 1.03. The monoisotopic (exact) mass is 376 g/mol. The number of hydrogen-bond donors (Lipinski definition) is 1. The van der Waals surface area contributed by atoms with Crippen LogP contribution in [0, 0.1) is 0 Å². The molecule has 4 nitrogen and oxygen atoms in total. The highest BCUT2D eigenvalue weighted by molar-refractivity contribution is 9.10. The first-order chi connectivity index (χ1) is 11.8. The van der Waals surface area contributed by atoms with Crippen LogP contribution in [0.2, 0.25) is 0 Å². The minimum Gasteiger partial charge on any atom is -0.265 e. The quantitative estimate of drug-likeness (QED) is 0.725. The zero-order valence-electron chi connectivity index (χ0n) is 12.6. The van der Waals surface area contributed by atoms with Crippen LogP contribution in [0.5, 0.6) is 0 Å². The average Bonchev–Trinajstić information content (AvgIpc) is 2.83. The second-order valence-electron chi connectivity index (χ2n) is 5.29. The molecule has 0 saturated carbocycles. The topological polar surface area (TPSA) is 49.6 Å². The fraction of sp³-hybridized carbons (Fsp3) is 0. The highest BCUT2D eigenvalue weighted by Gasteiger charge is 2.16. The predicted octanol–water partition coefficient (Wildman–Crippen LogP) is 4.28. The minimum atomic E-state index is 0.721. The number of halogens is 1. The van der Waals surface area contributed by atoms with Gasteiger partial charge in [-0.2, -0.15) is 5.10 Å². The largest absolute Gasteiger partial charge is 0.265 e. The molecule has 0 aliphatic carbocycles. The summed E-state index contributed by atoms with van der Waals surface area (Å²) in [4.78, 5) is 8.86. The van der Waals surface area contributed by atoms with Crippen LogP contribution < -0.4 is 5.43 Å². The van der Waals surface area contributed by atoms with Crippen molar-refractivity contribution in [2.75, 3.05) is 0 Å². The number of aliphatic imine (C=N–C) groups is 1. The second kappa shape index (κ2) is 6.37. The maximum absolute atomic E-state index is 4.77. The summed E-state index contributed by atoms with van der Waals surface area (Å²) in [5.74, 6) is 0.721. The van der Waals surface area contributed by atoms with Gasteiger partial charge in [-0.3, -0.25) is 10.4 Å². The van der Waals surface area contributed by atoms with Gasteiger partial charge in [0, 0.05) is 33.6 Å². The van der Waals surface area contributed by atoms with E-state index < -0.39 is 0 Å². The molecule has 0 radical (unpaired) electrons. The molecule has 0 saturated heterocycles. The van der Waals surface area contributed by atoms with E-state index in [4.69, 9.17) is 4.99 Å². The van der Waals surface area contributed by atoms with Gasteiger partial charge in [0.2, 0.25) is 0 Å². The van der Waals surface area contributed by atoms with E-state index >= 15 is 0 Å². The fourth-order valence-electron chi connectivity index (χ4n) is 2.55. The molecule has 24 heavy (non-hydrogen) atoms. The van der Waals surface area contributed by atoms with E-state index in [1.54, 1.807) is 12.4 Å². The molecule has 1 aliphatic rings. The van der Waals surface area contributed by atoms with E-state index in [9.17, 15) is 0 Å². The summed E-state index contributed by atoms with van der Waals surface area (Å²) in [6.07, 6.45) is 3.53. The normalized spacial score (nSPS) is 13.2. The lowest BCUT2D eigenvalue weighted by atomic mass is 10.0. The van der Waals surface area contributed by atoms with Gasteiger partial charge in [-0.25, -0.2) is 4.99 Å². The Bertz CT molecular complexity index is 931. The number of pyridine rings is 1. The molecule has 1 aliphatic heterocycles. The molecule has 0 amide bonds. The Morgan fingerprint density at radius 2 is 1.54 bits per heavy atom. The van der Waals surface area contributed by atoms with Gasteiger partial charge in [0.15, 0.2) is 5.84 Å². The maximum Gasteiger partial charge on any atom is 0.154 e. The summed E-state index contributed by atoms with van der Waals surface area (Å²) in [6, 6.07) is 19.9. The van der Waals surface area contributed by atoms with Gasteiger partial charge in [0.1, 0.15) is 5.71 Å². The third-order valence-electron chi connectivity index (χ3n) is 3.74. The Morgan fingerprint density at radius 3 is 2.33 bits per heavy atom. The number of nitrogens with one attached hydrogen (secondary N) is 1. The molecule has 1 N–H and O–H groups in total. The Morgan fingerprint density at radius 1 is 0.792 bits per heavy atom. The highest BCUT2D eigenvalue weighted by Crippen LogP contribution is 2.25. The standard InChI is InChI=1S/C19H13BrN4/c20-15-7-5-14(6-8-15)19-22-17-4-2-1-3-16(17)18(23-24-19)13-9-11-21-12-10-13/h1-12H,(H,22,24). The van der Waals surface area contributed by atoms with Crippen LogP contribution in [0.15, 0.2) is 87.6 Å². The Kier molecular flexibility index (Phi) is 3.92. The van der Waals surface area contributed by atoms with Crippen LogP contribution in [0.25, 0.3) is 0 Å². The van der Waals surface area contributed by atoms with Crippen LogP contribution in [0.3, 0.4) is 0 Å². The number of benzene rings is 2. The van der Waals surface area contributed by atoms with E-state index in [0.717, 1.165) is 38.4 Å². The molecule has 2 aromatic carbocycles. The molecular weight excluding hydrogens is 364 g/mol. The smallest absolute Gasteiger partial charge is 0.154 e. The number of fused-ring (bicyclic) bond motifs is 1. The molecule has 4 rings (SSSR count). The van der Waals surface area contributed by atoms with Gasteiger partial charge < -0.3 is 0 Å². The van der Waals surface area contributed by atoms with Gasteiger partial charge in [-0.05, 0) is 30.3 Å². The lowest BCUT2D eigenvalue weighted by Crippen LogP contribution is -2.19. The number of rotatable bonds is 2. The lowest BCUT2D eigenvalue weighted by molar-refractivity contribution is 1.03. The summed E-state index contributed by atoms with van der Waals surface area (Å²) in [5.41, 5.74) is 7.82. The Hall–Kier alpha value is -2.79. The van der Waals surface area contributed by atoms with Crippen molar-refractivity contribution in [3.63, 3.8) is 0 Å².